The number of phenols is 1. The molecule has 0 unspecified atom stereocenters. The van der Waals surface area contributed by atoms with Crippen molar-refractivity contribution in [2.75, 3.05) is 26.2 Å². The molecule has 0 aliphatic carbocycles. The predicted molar refractivity (Wildman–Crippen MR) is 74.6 cm³/mol. The molecule has 1 aromatic rings. The van der Waals surface area contributed by atoms with E-state index in [0.29, 0.717) is 12.8 Å². The molecule has 1 atom stereocenters. The van der Waals surface area contributed by atoms with Gasteiger partial charge in [0.25, 0.3) is 0 Å². The van der Waals surface area contributed by atoms with Crippen molar-refractivity contribution in [3.8, 4) is 5.75 Å². The second-order valence-electron chi connectivity index (χ2n) is 4.99. The molecule has 0 spiro atoms. The Morgan fingerprint density at radius 3 is 2.65 bits per heavy atom. The van der Waals surface area contributed by atoms with Crippen molar-refractivity contribution in [1.82, 2.24) is 10.2 Å². The van der Waals surface area contributed by atoms with Crippen LogP contribution in [0.4, 0.5) is 8.78 Å². The third-order valence-corrected chi connectivity index (χ3v) is 3.64. The monoisotopic (exact) mass is 282 g/mol. The summed E-state index contributed by atoms with van der Waals surface area (Å²) in [5.74, 6) is -1.75. The Balaban J connectivity index is 2.32. The number of phenolic OH excluding ortho intramolecular Hbond substituents is 1. The quantitative estimate of drug-likeness (QED) is 0.815. The zero-order valence-electron chi connectivity index (χ0n) is 11.4. The standard InChI is InChI=1S/C15H20F2N2O/c1-2-3-4-13(19-7-5-18-6-8-19)15-12(17)9-11(16)10-14(15)20/h2,9-10,13,18,20H,1,3-8H2/t13-/m1/s1. The molecule has 1 aliphatic heterocycles. The average Bonchev–Trinajstić information content (AvgIpc) is 2.42. The number of rotatable bonds is 5. The summed E-state index contributed by atoms with van der Waals surface area (Å²) >= 11 is 0. The molecule has 1 saturated heterocycles. The third kappa shape index (κ3) is 3.35. The number of halogens is 2. The second-order valence-corrected chi connectivity index (χ2v) is 4.99. The summed E-state index contributed by atoms with van der Waals surface area (Å²) in [4.78, 5) is 2.12. The lowest BCUT2D eigenvalue weighted by Crippen LogP contribution is -2.45. The van der Waals surface area contributed by atoms with Crippen molar-refractivity contribution in [1.29, 1.82) is 0 Å². The van der Waals surface area contributed by atoms with Gasteiger partial charge in [-0.15, -0.1) is 6.58 Å². The van der Waals surface area contributed by atoms with Gasteiger partial charge in [-0.2, -0.15) is 0 Å². The van der Waals surface area contributed by atoms with Crippen LogP contribution in [0.25, 0.3) is 0 Å². The number of hydrogen-bond acceptors (Lipinski definition) is 3. The first kappa shape index (κ1) is 14.9. The van der Waals surface area contributed by atoms with E-state index in [9.17, 15) is 13.9 Å². The van der Waals surface area contributed by atoms with Crippen molar-refractivity contribution in [3.63, 3.8) is 0 Å². The molecule has 110 valence electrons. The van der Waals surface area contributed by atoms with Crippen molar-refractivity contribution in [3.05, 3.63) is 42.0 Å². The molecular weight excluding hydrogens is 262 g/mol. The molecule has 0 radical (unpaired) electrons. The van der Waals surface area contributed by atoms with E-state index in [2.05, 4.69) is 16.8 Å². The number of nitrogens with zero attached hydrogens (tertiary/aromatic N) is 1. The zero-order valence-corrected chi connectivity index (χ0v) is 11.4. The van der Waals surface area contributed by atoms with Crippen LogP contribution in [0.5, 0.6) is 5.75 Å². The largest absolute Gasteiger partial charge is 0.507 e. The van der Waals surface area contributed by atoms with Crippen LogP contribution in [0.3, 0.4) is 0 Å². The van der Waals surface area contributed by atoms with Gasteiger partial charge in [-0.25, -0.2) is 8.78 Å². The van der Waals surface area contributed by atoms with Gasteiger partial charge >= 0.3 is 0 Å². The van der Waals surface area contributed by atoms with Crippen molar-refractivity contribution < 1.29 is 13.9 Å². The Kier molecular flexibility index (Phi) is 5.09. The highest BCUT2D eigenvalue weighted by molar-refractivity contribution is 5.37. The maximum Gasteiger partial charge on any atom is 0.134 e. The number of piperazine rings is 1. The number of aromatic hydroxyl groups is 1. The molecular formula is C15H20F2N2O. The summed E-state index contributed by atoms with van der Waals surface area (Å²) in [6.07, 6.45) is 3.14. The molecule has 1 heterocycles. The summed E-state index contributed by atoms with van der Waals surface area (Å²) in [7, 11) is 0. The van der Waals surface area contributed by atoms with Crippen LogP contribution in [0.1, 0.15) is 24.4 Å². The highest BCUT2D eigenvalue weighted by Gasteiger charge is 2.27. The van der Waals surface area contributed by atoms with Crippen LogP contribution in [0.2, 0.25) is 0 Å². The molecule has 20 heavy (non-hydrogen) atoms. The maximum atomic E-state index is 14.1. The number of benzene rings is 1. The third-order valence-electron chi connectivity index (χ3n) is 3.64. The Labute approximate surface area is 117 Å². The predicted octanol–water partition coefficient (Wildman–Crippen LogP) is 2.58. The Bertz CT molecular complexity index is 450. The Hall–Kier alpha value is -1.46. The Morgan fingerprint density at radius 1 is 1.35 bits per heavy atom. The molecule has 2 rings (SSSR count). The first-order valence-electron chi connectivity index (χ1n) is 6.87. The average molecular weight is 282 g/mol. The number of allylic oxidation sites excluding steroid dienone is 1. The van der Waals surface area contributed by atoms with Gasteiger partial charge in [0.2, 0.25) is 0 Å². The Morgan fingerprint density at radius 2 is 2.05 bits per heavy atom. The van der Waals surface area contributed by atoms with Gasteiger partial charge in [-0.3, -0.25) is 4.90 Å². The molecule has 3 nitrogen and oxygen atoms in total. The van der Waals surface area contributed by atoms with Gasteiger partial charge in [0.15, 0.2) is 0 Å². The van der Waals surface area contributed by atoms with E-state index in [1.54, 1.807) is 6.08 Å². The zero-order chi connectivity index (χ0) is 14.5. The molecule has 2 N–H and O–H groups in total. The van der Waals surface area contributed by atoms with Gasteiger partial charge in [0, 0.05) is 49.9 Å². The summed E-state index contributed by atoms with van der Waals surface area (Å²) in [5, 5.41) is 13.2. The molecule has 0 aromatic heterocycles. The van der Waals surface area contributed by atoms with E-state index in [-0.39, 0.29) is 17.4 Å². The van der Waals surface area contributed by atoms with E-state index < -0.39 is 11.6 Å². The van der Waals surface area contributed by atoms with E-state index >= 15 is 0 Å². The molecule has 1 aromatic carbocycles. The maximum absolute atomic E-state index is 14.1. The van der Waals surface area contributed by atoms with Crippen LogP contribution in [0, 0.1) is 11.6 Å². The van der Waals surface area contributed by atoms with E-state index in [1.807, 2.05) is 0 Å². The molecule has 1 aliphatic rings. The number of nitrogens with one attached hydrogen (secondary N) is 1. The van der Waals surface area contributed by atoms with Crippen LogP contribution in [-0.2, 0) is 0 Å². The molecule has 0 bridgehead atoms. The van der Waals surface area contributed by atoms with Gasteiger partial charge in [-0.1, -0.05) is 6.08 Å². The minimum atomic E-state index is -0.758. The smallest absolute Gasteiger partial charge is 0.134 e. The fraction of sp³-hybridized carbons (Fsp3) is 0.467. The van der Waals surface area contributed by atoms with E-state index in [4.69, 9.17) is 0 Å². The lowest BCUT2D eigenvalue weighted by Gasteiger charge is -2.35. The van der Waals surface area contributed by atoms with Crippen LogP contribution < -0.4 is 5.32 Å². The van der Waals surface area contributed by atoms with Crippen LogP contribution >= 0.6 is 0 Å². The summed E-state index contributed by atoms with van der Waals surface area (Å²) in [6.45, 7) is 6.89. The highest BCUT2D eigenvalue weighted by Crippen LogP contribution is 2.35. The number of hydrogen-bond donors (Lipinski definition) is 2. The van der Waals surface area contributed by atoms with Crippen molar-refractivity contribution >= 4 is 0 Å². The van der Waals surface area contributed by atoms with Crippen molar-refractivity contribution in [2.45, 2.75) is 18.9 Å². The second kappa shape index (κ2) is 6.81. The fourth-order valence-electron chi connectivity index (χ4n) is 2.68. The lowest BCUT2D eigenvalue weighted by molar-refractivity contribution is 0.160. The first-order valence-corrected chi connectivity index (χ1v) is 6.87. The molecule has 1 fully saturated rings. The SMILES string of the molecule is C=CCC[C@H](c1c(O)cc(F)cc1F)N1CCNCC1. The molecule has 0 amide bonds. The van der Waals surface area contributed by atoms with E-state index in [1.165, 1.54) is 0 Å². The molecule has 5 heteroatoms. The van der Waals surface area contributed by atoms with Crippen LogP contribution in [0.15, 0.2) is 24.8 Å². The summed E-state index contributed by atoms with van der Waals surface area (Å²) in [6, 6.07) is 1.55. The van der Waals surface area contributed by atoms with Gasteiger partial charge < -0.3 is 10.4 Å². The van der Waals surface area contributed by atoms with E-state index in [0.717, 1.165) is 38.3 Å². The molecule has 0 saturated carbocycles. The van der Waals surface area contributed by atoms with Gasteiger partial charge in [-0.05, 0) is 12.8 Å². The lowest BCUT2D eigenvalue weighted by atomic mass is 9.97. The first-order chi connectivity index (χ1) is 9.63. The van der Waals surface area contributed by atoms with Crippen LogP contribution in [-0.4, -0.2) is 36.2 Å². The van der Waals surface area contributed by atoms with Gasteiger partial charge in [0.1, 0.15) is 17.4 Å². The minimum Gasteiger partial charge on any atom is -0.507 e. The van der Waals surface area contributed by atoms with Gasteiger partial charge in [0.05, 0.1) is 0 Å². The van der Waals surface area contributed by atoms with Crippen molar-refractivity contribution in [2.24, 2.45) is 0 Å². The minimum absolute atomic E-state index is 0.190. The highest BCUT2D eigenvalue weighted by atomic mass is 19.1. The summed E-state index contributed by atoms with van der Waals surface area (Å²) < 4.78 is 27.2. The normalized spacial score (nSPS) is 17.9. The summed E-state index contributed by atoms with van der Waals surface area (Å²) in [5.41, 5.74) is 0.190. The fourth-order valence-corrected chi connectivity index (χ4v) is 2.68. The topological polar surface area (TPSA) is 35.5 Å².